The molecule has 2 rings (SSSR count). The van der Waals surface area contributed by atoms with Gasteiger partial charge in [0.2, 0.25) is 0 Å². The molecule has 1 atom stereocenters. The number of benzene rings is 2. The van der Waals surface area contributed by atoms with Gasteiger partial charge in [0.1, 0.15) is 17.3 Å². The fraction of sp³-hybridized carbons (Fsp3) is 0.250. The molecule has 0 aliphatic rings. The van der Waals surface area contributed by atoms with Crippen molar-refractivity contribution in [3.63, 3.8) is 0 Å². The highest BCUT2D eigenvalue weighted by atomic mass is 79.9. The Kier molecular flexibility index (Phi) is 5.65. The molecule has 1 unspecified atom stereocenters. The lowest BCUT2D eigenvalue weighted by molar-refractivity contribution is 0.338. The Morgan fingerprint density at radius 1 is 1.19 bits per heavy atom. The van der Waals surface area contributed by atoms with E-state index >= 15 is 0 Å². The van der Waals surface area contributed by atoms with Crippen LogP contribution in [0, 0.1) is 5.82 Å². The summed E-state index contributed by atoms with van der Waals surface area (Å²) in [7, 11) is 1.52. The molecule has 0 spiro atoms. The Labute approximate surface area is 140 Å². The Bertz CT molecular complexity index is 632. The monoisotopic (exact) mass is 416 g/mol. The van der Waals surface area contributed by atoms with E-state index in [0.29, 0.717) is 17.9 Å². The fourth-order valence-corrected chi connectivity index (χ4v) is 3.13. The molecule has 0 heterocycles. The van der Waals surface area contributed by atoms with E-state index < -0.39 is 0 Å². The number of hydrogen-bond donors (Lipinski definition) is 0. The summed E-state index contributed by atoms with van der Waals surface area (Å²) < 4.78 is 25.5. The van der Waals surface area contributed by atoms with E-state index in [1.54, 1.807) is 12.1 Å². The minimum absolute atomic E-state index is 0.240. The largest absolute Gasteiger partial charge is 0.497 e. The third-order valence-electron chi connectivity index (χ3n) is 3.03. The van der Waals surface area contributed by atoms with Crippen molar-refractivity contribution in [3.05, 3.63) is 57.8 Å². The number of hydrogen-bond acceptors (Lipinski definition) is 2. The van der Waals surface area contributed by atoms with Crippen LogP contribution in [-0.4, -0.2) is 13.7 Å². The fourth-order valence-electron chi connectivity index (χ4n) is 1.97. The van der Waals surface area contributed by atoms with Crippen molar-refractivity contribution in [1.29, 1.82) is 0 Å². The first-order chi connectivity index (χ1) is 10.1. The molecule has 2 nitrogen and oxygen atoms in total. The van der Waals surface area contributed by atoms with Crippen molar-refractivity contribution in [1.82, 2.24) is 0 Å². The molecule has 0 radical (unpaired) electrons. The molecule has 0 saturated carbocycles. The van der Waals surface area contributed by atoms with E-state index in [1.165, 1.54) is 13.2 Å². The Hall–Kier alpha value is -1.07. The molecule has 2 aromatic rings. The molecule has 0 N–H and O–H groups in total. The minimum atomic E-state index is -0.304. The van der Waals surface area contributed by atoms with Gasteiger partial charge in [0, 0.05) is 11.6 Å². The maximum atomic E-state index is 14.1. The maximum absolute atomic E-state index is 14.1. The summed E-state index contributed by atoms with van der Waals surface area (Å²) in [4.78, 5) is -0.240. The third kappa shape index (κ3) is 3.77. The van der Waals surface area contributed by atoms with Crippen LogP contribution < -0.4 is 9.47 Å². The van der Waals surface area contributed by atoms with E-state index in [0.717, 1.165) is 15.8 Å². The molecule has 0 aromatic heterocycles. The summed E-state index contributed by atoms with van der Waals surface area (Å²) >= 11 is 7.02. The molecule has 0 aliphatic heterocycles. The van der Waals surface area contributed by atoms with Crippen LogP contribution in [0.2, 0.25) is 0 Å². The maximum Gasteiger partial charge on any atom is 0.133 e. The molecular formula is C16H15Br2FO2. The highest BCUT2D eigenvalue weighted by molar-refractivity contribution is 9.10. The van der Waals surface area contributed by atoms with E-state index in [9.17, 15) is 4.39 Å². The van der Waals surface area contributed by atoms with Crippen LogP contribution in [0.3, 0.4) is 0 Å². The summed E-state index contributed by atoms with van der Waals surface area (Å²) in [5.41, 5.74) is 1.50. The van der Waals surface area contributed by atoms with Gasteiger partial charge in [-0.15, -0.1) is 0 Å². The lowest BCUT2D eigenvalue weighted by Gasteiger charge is -2.14. The Morgan fingerprint density at radius 3 is 2.52 bits per heavy atom. The Balaban J connectivity index is 2.31. The first-order valence-electron chi connectivity index (χ1n) is 6.46. The molecule has 0 fully saturated rings. The molecular weight excluding hydrogens is 403 g/mol. The summed E-state index contributed by atoms with van der Waals surface area (Å²) in [5, 5.41) is 0. The predicted octanol–water partition coefficient (Wildman–Crippen LogP) is 5.48. The molecule has 0 amide bonds. The van der Waals surface area contributed by atoms with Crippen LogP contribution in [0.5, 0.6) is 11.5 Å². The third-order valence-corrected chi connectivity index (χ3v) is 4.67. The predicted molar refractivity (Wildman–Crippen MR) is 89.0 cm³/mol. The number of ether oxygens (including phenoxy) is 2. The number of halogens is 3. The standard InChI is InChI=1S/C16H15Br2FO2/c1-3-21-15-7-4-10(8-13(15)17)16(18)12-6-5-11(20-2)9-14(12)19/h4-9,16H,3H2,1-2H3. The number of alkyl halides is 1. The van der Waals surface area contributed by atoms with Gasteiger partial charge in [0.05, 0.1) is 23.0 Å². The minimum Gasteiger partial charge on any atom is -0.497 e. The van der Waals surface area contributed by atoms with Gasteiger partial charge in [-0.1, -0.05) is 28.1 Å². The number of methoxy groups -OCH3 is 1. The second kappa shape index (κ2) is 7.27. The van der Waals surface area contributed by atoms with Gasteiger partial charge in [-0.3, -0.25) is 0 Å². The van der Waals surface area contributed by atoms with Crippen molar-refractivity contribution < 1.29 is 13.9 Å². The van der Waals surface area contributed by atoms with Gasteiger partial charge in [0.25, 0.3) is 0 Å². The Morgan fingerprint density at radius 2 is 1.95 bits per heavy atom. The van der Waals surface area contributed by atoms with Gasteiger partial charge >= 0.3 is 0 Å². The van der Waals surface area contributed by atoms with Crippen LogP contribution in [0.4, 0.5) is 4.39 Å². The zero-order valence-electron chi connectivity index (χ0n) is 11.7. The van der Waals surface area contributed by atoms with Crippen LogP contribution in [0.1, 0.15) is 22.9 Å². The summed E-state index contributed by atoms with van der Waals surface area (Å²) in [6.45, 7) is 2.53. The molecule has 0 saturated heterocycles. The van der Waals surface area contributed by atoms with E-state index in [-0.39, 0.29) is 10.6 Å². The highest BCUT2D eigenvalue weighted by Crippen LogP contribution is 2.37. The van der Waals surface area contributed by atoms with Crippen LogP contribution in [0.15, 0.2) is 40.9 Å². The van der Waals surface area contributed by atoms with Crippen LogP contribution >= 0.6 is 31.9 Å². The average Bonchev–Trinajstić information content (AvgIpc) is 2.48. The first kappa shape index (κ1) is 16.3. The molecule has 112 valence electrons. The molecule has 2 aromatic carbocycles. The normalized spacial score (nSPS) is 12.0. The van der Waals surface area contributed by atoms with E-state index in [4.69, 9.17) is 9.47 Å². The van der Waals surface area contributed by atoms with Gasteiger partial charge in [-0.05, 0) is 46.6 Å². The lowest BCUT2D eigenvalue weighted by atomic mass is 10.0. The van der Waals surface area contributed by atoms with Crippen LogP contribution in [0.25, 0.3) is 0 Å². The van der Waals surface area contributed by atoms with Gasteiger partial charge in [-0.2, -0.15) is 0 Å². The van der Waals surface area contributed by atoms with E-state index in [2.05, 4.69) is 31.9 Å². The molecule has 5 heteroatoms. The van der Waals surface area contributed by atoms with Crippen LogP contribution in [-0.2, 0) is 0 Å². The summed E-state index contributed by atoms with van der Waals surface area (Å²) in [6, 6.07) is 10.6. The zero-order chi connectivity index (χ0) is 15.4. The quantitative estimate of drug-likeness (QED) is 0.599. The lowest BCUT2D eigenvalue weighted by Crippen LogP contribution is -1.99. The summed E-state index contributed by atoms with van der Waals surface area (Å²) in [6.07, 6.45) is 0. The van der Waals surface area contributed by atoms with Gasteiger partial charge < -0.3 is 9.47 Å². The van der Waals surface area contributed by atoms with Crippen molar-refractivity contribution in [2.45, 2.75) is 11.8 Å². The highest BCUT2D eigenvalue weighted by Gasteiger charge is 2.16. The van der Waals surface area contributed by atoms with E-state index in [1.807, 2.05) is 25.1 Å². The molecule has 0 bridgehead atoms. The second-order valence-corrected chi connectivity index (χ2v) is 6.14. The summed E-state index contributed by atoms with van der Waals surface area (Å²) in [5.74, 6) is 0.973. The topological polar surface area (TPSA) is 18.5 Å². The SMILES string of the molecule is CCOc1ccc(C(Br)c2ccc(OC)cc2F)cc1Br. The van der Waals surface area contributed by atoms with Crippen molar-refractivity contribution >= 4 is 31.9 Å². The van der Waals surface area contributed by atoms with Crippen molar-refractivity contribution in [2.75, 3.05) is 13.7 Å². The zero-order valence-corrected chi connectivity index (χ0v) is 14.9. The second-order valence-electron chi connectivity index (χ2n) is 4.37. The molecule has 21 heavy (non-hydrogen) atoms. The number of rotatable bonds is 5. The van der Waals surface area contributed by atoms with Gasteiger partial charge in [-0.25, -0.2) is 4.39 Å². The average molecular weight is 418 g/mol. The smallest absolute Gasteiger partial charge is 0.133 e. The molecule has 0 aliphatic carbocycles. The van der Waals surface area contributed by atoms with Gasteiger partial charge in [0.15, 0.2) is 0 Å². The first-order valence-corrected chi connectivity index (χ1v) is 8.17. The van der Waals surface area contributed by atoms with Crippen molar-refractivity contribution in [2.24, 2.45) is 0 Å². The van der Waals surface area contributed by atoms with Crippen molar-refractivity contribution in [3.8, 4) is 11.5 Å².